The number of aryl methyl sites for hydroxylation is 2. The fraction of sp³-hybridized carbons (Fsp3) is 0.429. The van der Waals surface area contributed by atoms with Crippen LogP contribution in [0.15, 0.2) is 30.9 Å². The molecule has 1 heteroatoms. The molecule has 15 heavy (non-hydrogen) atoms. The summed E-state index contributed by atoms with van der Waals surface area (Å²) in [5.41, 5.74) is 3.46. The summed E-state index contributed by atoms with van der Waals surface area (Å²) in [6, 6.07) is 6.14. The normalized spacial score (nSPS) is 12.5. The van der Waals surface area contributed by atoms with Crippen LogP contribution in [0.4, 0.5) is 0 Å². The van der Waals surface area contributed by atoms with Gasteiger partial charge in [-0.2, -0.15) is 0 Å². The molecule has 1 rings (SSSR count). The van der Waals surface area contributed by atoms with Crippen LogP contribution in [0, 0.1) is 13.8 Å². The minimum Gasteiger partial charge on any atom is -0.388 e. The molecule has 1 nitrogen and oxygen atoms in total. The Hall–Kier alpha value is -1.08. The Balaban J connectivity index is 2.72. The molecule has 0 aliphatic heterocycles. The third-order valence-corrected chi connectivity index (χ3v) is 2.76. The Morgan fingerprint density at radius 1 is 1.33 bits per heavy atom. The van der Waals surface area contributed by atoms with E-state index in [2.05, 4.69) is 32.6 Å². The van der Waals surface area contributed by atoms with E-state index in [1.165, 1.54) is 11.1 Å². The quantitative estimate of drug-likeness (QED) is 0.573. The molecule has 0 bridgehead atoms. The highest BCUT2D eigenvalue weighted by molar-refractivity contribution is 5.35. The summed E-state index contributed by atoms with van der Waals surface area (Å²) in [6.45, 7) is 7.79. The van der Waals surface area contributed by atoms with Crippen LogP contribution in [0.3, 0.4) is 0 Å². The number of allylic oxidation sites excluding steroid dienone is 1. The van der Waals surface area contributed by atoms with E-state index < -0.39 is 0 Å². The molecule has 1 aromatic carbocycles. The molecule has 1 N–H and O–H groups in total. The van der Waals surface area contributed by atoms with Gasteiger partial charge in [0.25, 0.3) is 0 Å². The summed E-state index contributed by atoms with van der Waals surface area (Å²) in [6.07, 6.45) is 4.36. The van der Waals surface area contributed by atoms with E-state index in [1.54, 1.807) is 0 Å². The van der Waals surface area contributed by atoms with Gasteiger partial charge in [0.1, 0.15) is 0 Å². The van der Waals surface area contributed by atoms with Crippen molar-refractivity contribution < 1.29 is 5.11 Å². The molecule has 0 aromatic heterocycles. The second-order valence-electron chi connectivity index (χ2n) is 4.04. The highest BCUT2D eigenvalue weighted by Crippen LogP contribution is 2.25. The summed E-state index contributed by atoms with van der Waals surface area (Å²) in [4.78, 5) is 0. The SMILES string of the molecule is C=CCCCC(O)c1c(C)cccc1C. The Labute approximate surface area is 92.5 Å². The lowest BCUT2D eigenvalue weighted by Crippen LogP contribution is -2.02. The average molecular weight is 204 g/mol. The molecule has 82 valence electrons. The predicted octanol–water partition coefficient (Wildman–Crippen LogP) is 3.69. The fourth-order valence-corrected chi connectivity index (χ4v) is 1.95. The molecule has 0 saturated carbocycles. The lowest BCUT2D eigenvalue weighted by molar-refractivity contribution is 0.163. The van der Waals surface area contributed by atoms with E-state index in [1.807, 2.05) is 12.1 Å². The zero-order chi connectivity index (χ0) is 11.3. The first-order valence-electron chi connectivity index (χ1n) is 5.52. The topological polar surface area (TPSA) is 20.2 Å². The Morgan fingerprint density at radius 2 is 1.93 bits per heavy atom. The van der Waals surface area contributed by atoms with E-state index in [9.17, 15) is 5.11 Å². The largest absolute Gasteiger partial charge is 0.388 e. The molecular weight excluding hydrogens is 184 g/mol. The van der Waals surface area contributed by atoms with Crippen molar-refractivity contribution in [3.63, 3.8) is 0 Å². The van der Waals surface area contributed by atoms with Gasteiger partial charge in [0.2, 0.25) is 0 Å². The lowest BCUT2D eigenvalue weighted by atomic mass is 9.95. The third-order valence-electron chi connectivity index (χ3n) is 2.76. The maximum atomic E-state index is 10.1. The van der Waals surface area contributed by atoms with Crippen LogP contribution < -0.4 is 0 Å². The molecule has 0 spiro atoms. The molecular formula is C14H20O. The molecule has 0 radical (unpaired) electrons. The average Bonchev–Trinajstić information content (AvgIpc) is 2.18. The second kappa shape index (κ2) is 5.72. The number of rotatable bonds is 5. The molecule has 0 saturated heterocycles. The summed E-state index contributed by atoms with van der Waals surface area (Å²) in [5.74, 6) is 0. The van der Waals surface area contributed by atoms with Crippen molar-refractivity contribution in [2.45, 2.75) is 39.2 Å². The first kappa shape index (κ1) is 12.0. The predicted molar refractivity (Wildman–Crippen MR) is 64.9 cm³/mol. The smallest absolute Gasteiger partial charge is 0.0795 e. The van der Waals surface area contributed by atoms with Crippen molar-refractivity contribution in [2.75, 3.05) is 0 Å². The van der Waals surface area contributed by atoms with Crippen LogP contribution >= 0.6 is 0 Å². The van der Waals surface area contributed by atoms with Crippen molar-refractivity contribution in [1.29, 1.82) is 0 Å². The monoisotopic (exact) mass is 204 g/mol. The van der Waals surface area contributed by atoms with E-state index in [-0.39, 0.29) is 6.10 Å². The first-order chi connectivity index (χ1) is 7.16. The van der Waals surface area contributed by atoms with E-state index in [4.69, 9.17) is 0 Å². The summed E-state index contributed by atoms with van der Waals surface area (Å²) < 4.78 is 0. The summed E-state index contributed by atoms with van der Waals surface area (Å²) in [7, 11) is 0. The maximum absolute atomic E-state index is 10.1. The fourth-order valence-electron chi connectivity index (χ4n) is 1.95. The molecule has 0 aliphatic rings. The van der Waals surface area contributed by atoms with Crippen molar-refractivity contribution in [3.8, 4) is 0 Å². The van der Waals surface area contributed by atoms with Crippen LogP contribution in [-0.4, -0.2) is 5.11 Å². The molecule has 0 heterocycles. The lowest BCUT2D eigenvalue weighted by Gasteiger charge is -2.16. The molecule has 0 aliphatic carbocycles. The number of benzene rings is 1. The Morgan fingerprint density at radius 3 is 2.47 bits per heavy atom. The van der Waals surface area contributed by atoms with Gasteiger partial charge < -0.3 is 5.11 Å². The zero-order valence-electron chi connectivity index (χ0n) is 9.66. The second-order valence-corrected chi connectivity index (χ2v) is 4.04. The van der Waals surface area contributed by atoms with Crippen molar-refractivity contribution >= 4 is 0 Å². The van der Waals surface area contributed by atoms with Crippen molar-refractivity contribution in [1.82, 2.24) is 0 Å². The number of aliphatic hydroxyl groups excluding tert-OH is 1. The highest BCUT2D eigenvalue weighted by atomic mass is 16.3. The van der Waals surface area contributed by atoms with Crippen LogP contribution in [0.25, 0.3) is 0 Å². The highest BCUT2D eigenvalue weighted by Gasteiger charge is 2.11. The van der Waals surface area contributed by atoms with Gasteiger partial charge in [-0.1, -0.05) is 24.3 Å². The molecule has 1 unspecified atom stereocenters. The Kier molecular flexibility index (Phi) is 4.57. The molecule has 0 amide bonds. The minimum absolute atomic E-state index is 0.328. The number of unbranched alkanes of at least 4 members (excludes halogenated alkanes) is 1. The van der Waals surface area contributed by atoms with E-state index in [0.717, 1.165) is 24.8 Å². The van der Waals surface area contributed by atoms with Gasteiger partial charge in [-0.25, -0.2) is 0 Å². The van der Waals surface area contributed by atoms with Gasteiger partial charge in [0.15, 0.2) is 0 Å². The maximum Gasteiger partial charge on any atom is 0.0795 e. The van der Waals surface area contributed by atoms with Gasteiger partial charge in [-0.15, -0.1) is 6.58 Å². The molecule has 1 aromatic rings. The van der Waals surface area contributed by atoms with E-state index >= 15 is 0 Å². The van der Waals surface area contributed by atoms with Crippen molar-refractivity contribution in [2.24, 2.45) is 0 Å². The van der Waals surface area contributed by atoms with Crippen molar-refractivity contribution in [3.05, 3.63) is 47.5 Å². The minimum atomic E-state index is -0.328. The van der Waals surface area contributed by atoms with Gasteiger partial charge in [-0.3, -0.25) is 0 Å². The molecule has 0 fully saturated rings. The standard InChI is InChI=1S/C14H20O/c1-4-5-6-10-13(15)14-11(2)8-7-9-12(14)3/h4,7-9,13,15H,1,5-6,10H2,2-3H3. The van der Waals surface area contributed by atoms with Crippen LogP contribution in [-0.2, 0) is 0 Å². The molecule has 1 atom stereocenters. The zero-order valence-corrected chi connectivity index (χ0v) is 9.66. The number of aliphatic hydroxyl groups is 1. The first-order valence-corrected chi connectivity index (χ1v) is 5.52. The number of hydrogen-bond acceptors (Lipinski definition) is 1. The Bertz CT molecular complexity index is 308. The van der Waals surface area contributed by atoms with Gasteiger partial charge >= 0.3 is 0 Å². The van der Waals surface area contributed by atoms with Gasteiger partial charge in [0.05, 0.1) is 6.10 Å². The van der Waals surface area contributed by atoms with Gasteiger partial charge in [-0.05, 0) is 49.8 Å². The number of hydrogen-bond donors (Lipinski definition) is 1. The summed E-state index contributed by atoms with van der Waals surface area (Å²) in [5, 5.41) is 10.1. The van der Waals surface area contributed by atoms with Crippen LogP contribution in [0.1, 0.15) is 42.1 Å². The van der Waals surface area contributed by atoms with E-state index in [0.29, 0.717) is 0 Å². The van der Waals surface area contributed by atoms with Gasteiger partial charge in [0, 0.05) is 0 Å². The summed E-state index contributed by atoms with van der Waals surface area (Å²) >= 11 is 0. The van der Waals surface area contributed by atoms with Crippen LogP contribution in [0.5, 0.6) is 0 Å². The van der Waals surface area contributed by atoms with Crippen LogP contribution in [0.2, 0.25) is 0 Å². The third kappa shape index (κ3) is 3.21.